The number of fused-ring (bicyclic) bond motifs is 2. The lowest BCUT2D eigenvalue weighted by atomic mass is 9.95. The number of rotatable bonds is 2. The van der Waals surface area contributed by atoms with E-state index in [9.17, 15) is 4.79 Å². The van der Waals surface area contributed by atoms with Gasteiger partial charge in [0.05, 0.1) is 0 Å². The SMILES string of the molecule is Cc1c(C(=O)N2CCC(c3ncc4c(n3)CCNC4)CC2)oc2ccccc12. The Morgan fingerprint density at radius 1 is 1.25 bits per heavy atom. The molecule has 1 saturated heterocycles. The summed E-state index contributed by atoms with van der Waals surface area (Å²) in [5.74, 6) is 1.72. The molecule has 1 N–H and O–H groups in total. The van der Waals surface area contributed by atoms with Gasteiger partial charge in [-0.05, 0) is 25.8 Å². The number of piperidine rings is 1. The number of nitrogens with zero attached hydrogens (tertiary/aromatic N) is 3. The van der Waals surface area contributed by atoms with E-state index in [4.69, 9.17) is 9.40 Å². The summed E-state index contributed by atoms with van der Waals surface area (Å²) in [6, 6.07) is 7.81. The highest BCUT2D eigenvalue weighted by Crippen LogP contribution is 2.30. The molecule has 0 unspecified atom stereocenters. The van der Waals surface area contributed by atoms with Gasteiger partial charge < -0.3 is 14.6 Å². The average Bonchev–Trinajstić information content (AvgIpc) is 3.10. The lowest BCUT2D eigenvalue weighted by molar-refractivity contribution is 0.0680. The topological polar surface area (TPSA) is 71.3 Å². The van der Waals surface area contributed by atoms with Gasteiger partial charge >= 0.3 is 0 Å². The van der Waals surface area contributed by atoms with Crippen molar-refractivity contribution >= 4 is 16.9 Å². The van der Waals surface area contributed by atoms with Gasteiger partial charge in [0.15, 0.2) is 5.76 Å². The number of aromatic nitrogens is 2. The van der Waals surface area contributed by atoms with Crippen LogP contribution >= 0.6 is 0 Å². The number of carbonyl (C=O) groups is 1. The first-order valence-corrected chi connectivity index (χ1v) is 10.0. The van der Waals surface area contributed by atoms with Gasteiger partial charge in [0.25, 0.3) is 5.91 Å². The fourth-order valence-electron chi connectivity index (χ4n) is 4.31. The van der Waals surface area contributed by atoms with Crippen molar-refractivity contribution in [1.29, 1.82) is 0 Å². The van der Waals surface area contributed by atoms with Crippen LogP contribution < -0.4 is 5.32 Å². The lowest BCUT2D eigenvalue weighted by Crippen LogP contribution is -2.38. The number of benzene rings is 1. The predicted octanol–water partition coefficient (Wildman–Crippen LogP) is 3.20. The first kappa shape index (κ1) is 17.4. The standard InChI is InChI=1S/C22H24N4O2/c1-14-17-4-2-3-5-19(17)28-20(14)22(27)26-10-7-15(8-11-26)21-24-13-16-12-23-9-6-18(16)25-21/h2-5,13,15,23H,6-12H2,1H3. The Balaban J connectivity index is 1.30. The fraction of sp³-hybridized carbons (Fsp3) is 0.409. The van der Waals surface area contributed by atoms with Gasteiger partial charge in [0.2, 0.25) is 0 Å². The zero-order chi connectivity index (χ0) is 19.1. The number of hydrogen-bond donors (Lipinski definition) is 1. The number of amides is 1. The Bertz CT molecular complexity index is 1030. The van der Waals surface area contributed by atoms with E-state index in [1.165, 1.54) is 11.3 Å². The van der Waals surface area contributed by atoms with Gasteiger partial charge in [-0.3, -0.25) is 4.79 Å². The van der Waals surface area contributed by atoms with Crippen LogP contribution in [0.2, 0.25) is 0 Å². The van der Waals surface area contributed by atoms with Crippen LogP contribution in [0.1, 0.15) is 52.0 Å². The highest BCUT2D eigenvalue weighted by molar-refractivity contribution is 5.98. The third-order valence-corrected chi connectivity index (χ3v) is 6.01. The van der Waals surface area contributed by atoms with E-state index in [0.717, 1.165) is 54.7 Å². The lowest BCUT2D eigenvalue weighted by Gasteiger charge is -2.31. The molecule has 5 rings (SSSR count). The molecule has 2 aliphatic rings. The number of aryl methyl sites for hydroxylation is 1. The summed E-state index contributed by atoms with van der Waals surface area (Å²) in [4.78, 5) is 24.4. The van der Waals surface area contributed by atoms with Gasteiger partial charge in [-0.2, -0.15) is 0 Å². The van der Waals surface area contributed by atoms with Crippen LogP contribution in [0.3, 0.4) is 0 Å². The van der Waals surface area contributed by atoms with Crippen LogP contribution in [0.5, 0.6) is 0 Å². The molecule has 144 valence electrons. The Labute approximate surface area is 164 Å². The molecule has 0 spiro atoms. The molecule has 6 nitrogen and oxygen atoms in total. The first-order chi connectivity index (χ1) is 13.7. The molecule has 1 amide bonds. The number of para-hydroxylation sites is 1. The van der Waals surface area contributed by atoms with Crippen molar-refractivity contribution < 1.29 is 9.21 Å². The normalized spacial score (nSPS) is 17.7. The minimum atomic E-state index is -0.00964. The first-order valence-electron chi connectivity index (χ1n) is 10.0. The molecule has 0 bridgehead atoms. The maximum Gasteiger partial charge on any atom is 0.289 e. The minimum absolute atomic E-state index is 0.00964. The molecule has 28 heavy (non-hydrogen) atoms. The summed E-state index contributed by atoms with van der Waals surface area (Å²) in [6.45, 7) is 5.22. The molecule has 1 fully saturated rings. The summed E-state index contributed by atoms with van der Waals surface area (Å²) >= 11 is 0. The van der Waals surface area contributed by atoms with Crippen LogP contribution in [0.15, 0.2) is 34.9 Å². The fourth-order valence-corrected chi connectivity index (χ4v) is 4.31. The van der Waals surface area contributed by atoms with Gasteiger partial charge in [-0.15, -0.1) is 0 Å². The number of carbonyl (C=O) groups excluding carboxylic acids is 1. The van der Waals surface area contributed by atoms with E-state index in [2.05, 4.69) is 10.3 Å². The van der Waals surface area contributed by atoms with E-state index >= 15 is 0 Å². The third kappa shape index (κ3) is 2.98. The third-order valence-electron chi connectivity index (χ3n) is 6.01. The second-order valence-electron chi connectivity index (χ2n) is 7.75. The van der Waals surface area contributed by atoms with E-state index in [0.29, 0.717) is 24.8 Å². The summed E-state index contributed by atoms with van der Waals surface area (Å²) in [5, 5.41) is 4.37. The smallest absolute Gasteiger partial charge is 0.289 e. The van der Waals surface area contributed by atoms with Crippen molar-refractivity contribution in [3.05, 3.63) is 58.9 Å². The summed E-state index contributed by atoms with van der Waals surface area (Å²) in [7, 11) is 0. The number of hydrogen-bond acceptors (Lipinski definition) is 5. The molecule has 0 saturated carbocycles. The molecule has 2 aliphatic heterocycles. The average molecular weight is 376 g/mol. The van der Waals surface area contributed by atoms with Gasteiger partial charge in [0, 0.05) is 66.9 Å². The zero-order valence-electron chi connectivity index (χ0n) is 16.1. The Morgan fingerprint density at radius 3 is 2.89 bits per heavy atom. The van der Waals surface area contributed by atoms with Crippen LogP contribution in [-0.2, 0) is 13.0 Å². The Morgan fingerprint density at radius 2 is 2.07 bits per heavy atom. The quantitative estimate of drug-likeness (QED) is 0.744. The van der Waals surface area contributed by atoms with Gasteiger partial charge in [-0.1, -0.05) is 18.2 Å². The molecule has 0 radical (unpaired) electrons. The second-order valence-corrected chi connectivity index (χ2v) is 7.75. The van der Waals surface area contributed by atoms with E-state index in [-0.39, 0.29) is 5.91 Å². The van der Waals surface area contributed by atoms with Crippen molar-refractivity contribution in [2.45, 2.75) is 38.6 Å². The van der Waals surface area contributed by atoms with Crippen molar-refractivity contribution in [3.63, 3.8) is 0 Å². The molecule has 4 heterocycles. The largest absolute Gasteiger partial charge is 0.451 e. The number of furan rings is 1. The molecule has 0 aliphatic carbocycles. The molecular formula is C22H24N4O2. The second kappa shape index (κ2) is 7.02. The van der Waals surface area contributed by atoms with Gasteiger partial charge in [-0.25, -0.2) is 9.97 Å². The molecule has 2 aromatic heterocycles. The summed E-state index contributed by atoms with van der Waals surface area (Å²) in [6.07, 6.45) is 4.72. The van der Waals surface area contributed by atoms with Crippen molar-refractivity contribution in [1.82, 2.24) is 20.2 Å². The highest BCUT2D eigenvalue weighted by atomic mass is 16.3. The number of likely N-dealkylation sites (tertiary alicyclic amines) is 1. The molecular weight excluding hydrogens is 352 g/mol. The summed E-state index contributed by atoms with van der Waals surface area (Å²) in [5.41, 5.74) is 4.09. The molecule has 6 heteroatoms. The van der Waals surface area contributed by atoms with E-state index in [1.54, 1.807) is 0 Å². The maximum atomic E-state index is 13.0. The zero-order valence-corrected chi connectivity index (χ0v) is 16.1. The van der Waals surface area contributed by atoms with Crippen molar-refractivity contribution in [2.75, 3.05) is 19.6 Å². The Kier molecular flexibility index (Phi) is 4.36. The van der Waals surface area contributed by atoms with Crippen molar-refractivity contribution in [3.8, 4) is 0 Å². The van der Waals surface area contributed by atoms with Crippen LogP contribution in [0.25, 0.3) is 11.0 Å². The molecule has 0 atom stereocenters. The number of nitrogens with one attached hydrogen (secondary N) is 1. The maximum absolute atomic E-state index is 13.0. The van der Waals surface area contributed by atoms with E-state index in [1.807, 2.05) is 42.3 Å². The summed E-state index contributed by atoms with van der Waals surface area (Å²) < 4.78 is 5.87. The van der Waals surface area contributed by atoms with Crippen molar-refractivity contribution in [2.24, 2.45) is 0 Å². The molecule has 1 aromatic carbocycles. The van der Waals surface area contributed by atoms with E-state index < -0.39 is 0 Å². The van der Waals surface area contributed by atoms with Crippen LogP contribution in [-0.4, -0.2) is 40.4 Å². The Hall–Kier alpha value is -2.73. The minimum Gasteiger partial charge on any atom is -0.451 e. The highest BCUT2D eigenvalue weighted by Gasteiger charge is 2.29. The monoisotopic (exact) mass is 376 g/mol. The van der Waals surface area contributed by atoms with Crippen LogP contribution in [0.4, 0.5) is 0 Å². The van der Waals surface area contributed by atoms with Gasteiger partial charge in [0.1, 0.15) is 11.4 Å². The van der Waals surface area contributed by atoms with Crippen LogP contribution in [0, 0.1) is 6.92 Å². The predicted molar refractivity (Wildman–Crippen MR) is 106 cm³/mol. The molecule has 3 aromatic rings.